The molecule has 0 saturated carbocycles. The fourth-order valence-corrected chi connectivity index (χ4v) is 3.27. The van der Waals surface area contributed by atoms with E-state index in [9.17, 15) is 22.7 Å². The van der Waals surface area contributed by atoms with Crippen LogP contribution in [0, 0.1) is 5.92 Å². The van der Waals surface area contributed by atoms with Gasteiger partial charge in [-0.05, 0) is 17.7 Å². The molecule has 1 heterocycles. The molecule has 4 nitrogen and oxygen atoms in total. The summed E-state index contributed by atoms with van der Waals surface area (Å²) in [5, 5.41) is 11.3. The van der Waals surface area contributed by atoms with Gasteiger partial charge in [0.1, 0.15) is 18.3 Å². The Kier molecular flexibility index (Phi) is 6.34. The molecule has 0 saturated heterocycles. The van der Waals surface area contributed by atoms with E-state index in [1.54, 1.807) is 24.3 Å². The van der Waals surface area contributed by atoms with Gasteiger partial charge in [-0.2, -0.15) is 13.9 Å². The monoisotopic (exact) mass is 397 g/mol. The van der Waals surface area contributed by atoms with Crippen molar-refractivity contribution in [2.75, 3.05) is 5.75 Å². The number of nitrogens with zero attached hydrogens (tertiary/aromatic N) is 3. The summed E-state index contributed by atoms with van der Waals surface area (Å²) in [4.78, 5) is 3.78. The Morgan fingerprint density at radius 3 is 2.44 bits per heavy atom. The Labute approximate surface area is 151 Å². The second-order valence-corrected chi connectivity index (χ2v) is 7.20. The zero-order valence-corrected chi connectivity index (χ0v) is 14.7. The minimum absolute atomic E-state index is 0.0728. The lowest BCUT2D eigenvalue weighted by Crippen LogP contribution is -2.40. The van der Waals surface area contributed by atoms with Gasteiger partial charge in [0.15, 0.2) is 0 Å². The summed E-state index contributed by atoms with van der Waals surface area (Å²) >= 11 is 5.66. The van der Waals surface area contributed by atoms with E-state index in [4.69, 9.17) is 11.6 Å². The highest BCUT2D eigenvalue weighted by Gasteiger charge is 2.44. The summed E-state index contributed by atoms with van der Waals surface area (Å²) in [6, 6.07) is 6.23. The molecule has 0 fully saturated rings. The zero-order valence-electron chi connectivity index (χ0n) is 13.1. The predicted molar refractivity (Wildman–Crippen MR) is 87.9 cm³/mol. The molecule has 2 atom stereocenters. The van der Waals surface area contributed by atoms with Crippen LogP contribution in [0.4, 0.5) is 17.6 Å². The second-order valence-electron chi connectivity index (χ2n) is 5.60. The smallest absolute Gasteiger partial charge is 0.353 e. The first kappa shape index (κ1) is 20.0. The molecule has 0 radical (unpaired) electrons. The van der Waals surface area contributed by atoms with Gasteiger partial charge >= 0.3 is 11.7 Å². The average molecular weight is 398 g/mol. The van der Waals surface area contributed by atoms with Crippen LogP contribution >= 0.6 is 23.4 Å². The maximum absolute atomic E-state index is 13.2. The lowest BCUT2D eigenvalue weighted by atomic mass is 9.83. The fraction of sp³-hybridized carbons (Fsp3) is 0.467. The maximum atomic E-state index is 13.2. The number of halogens is 5. The quantitative estimate of drug-likeness (QED) is 0.683. The number of aromatic nitrogens is 3. The van der Waals surface area contributed by atoms with E-state index in [-0.39, 0.29) is 24.1 Å². The number of alkyl halides is 4. The molecule has 1 N–H and O–H groups in total. The summed E-state index contributed by atoms with van der Waals surface area (Å²) < 4.78 is 52.5. The highest BCUT2D eigenvalue weighted by Crippen LogP contribution is 2.40. The molecule has 0 aliphatic carbocycles. The minimum atomic E-state index is -4.18. The Morgan fingerprint density at radius 2 is 1.92 bits per heavy atom. The van der Waals surface area contributed by atoms with Crippen LogP contribution in [0.15, 0.2) is 36.9 Å². The highest BCUT2D eigenvalue weighted by atomic mass is 35.5. The molecule has 25 heavy (non-hydrogen) atoms. The molecule has 0 spiro atoms. The van der Waals surface area contributed by atoms with Gasteiger partial charge in [0.2, 0.25) is 0 Å². The van der Waals surface area contributed by atoms with E-state index in [1.807, 2.05) is 0 Å². The zero-order chi connectivity index (χ0) is 18.7. The number of benzene rings is 1. The molecular weight excluding hydrogens is 382 g/mol. The summed E-state index contributed by atoms with van der Waals surface area (Å²) in [7, 11) is 0. The molecule has 0 bridgehead atoms. The topological polar surface area (TPSA) is 50.9 Å². The first-order valence-electron chi connectivity index (χ1n) is 7.26. The van der Waals surface area contributed by atoms with E-state index in [2.05, 4.69) is 10.1 Å². The Morgan fingerprint density at radius 1 is 1.28 bits per heavy atom. The van der Waals surface area contributed by atoms with E-state index in [1.165, 1.54) is 24.3 Å². The number of hydrogen-bond acceptors (Lipinski definition) is 4. The average Bonchev–Trinajstić information content (AvgIpc) is 3.05. The third kappa shape index (κ3) is 4.86. The molecule has 0 aliphatic heterocycles. The second kappa shape index (κ2) is 7.92. The molecule has 10 heteroatoms. The van der Waals surface area contributed by atoms with Gasteiger partial charge in [0.25, 0.3) is 0 Å². The molecule has 2 aromatic rings. The molecule has 138 valence electrons. The molecule has 2 unspecified atom stereocenters. The maximum Gasteiger partial charge on any atom is 0.353 e. The summed E-state index contributed by atoms with van der Waals surface area (Å²) in [5.41, 5.74) is -1.20. The molecule has 0 amide bonds. The van der Waals surface area contributed by atoms with Crippen LogP contribution in [-0.4, -0.2) is 37.3 Å². The van der Waals surface area contributed by atoms with Gasteiger partial charge < -0.3 is 5.11 Å². The molecule has 1 aromatic heterocycles. The van der Waals surface area contributed by atoms with Crippen molar-refractivity contribution in [1.82, 2.24) is 14.8 Å². The van der Waals surface area contributed by atoms with Crippen LogP contribution in [-0.2, 0) is 12.1 Å². The van der Waals surface area contributed by atoms with Crippen molar-refractivity contribution in [3.8, 4) is 0 Å². The van der Waals surface area contributed by atoms with Crippen molar-refractivity contribution in [3.63, 3.8) is 0 Å². The summed E-state index contributed by atoms with van der Waals surface area (Å²) in [6.07, 6.45) is -1.13. The molecule has 2 rings (SSSR count). The Bertz CT molecular complexity index is 672. The van der Waals surface area contributed by atoms with Crippen LogP contribution in [0.2, 0.25) is 5.02 Å². The highest BCUT2D eigenvalue weighted by molar-refractivity contribution is 8.00. The lowest BCUT2D eigenvalue weighted by molar-refractivity contribution is -0.0580. The van der Waals surface area contributed by atoms with Crippen molar-refractivity contribution in [2.45, 2.75) is 30.7 Å². The Balaban J connectivity index is 2.25. The summed E-state index contributed by atoms with van der Waals surface area (Å²) in [6.45, 7) is 1.44. The van der Waals surface area contributed by atoms with Crippen molar-refractivity contribution >= 4 is 23.4 Å². The number of hydrogen-bond donors (Lipinski definition) is 1. The van der Waals surface area contributed by atoms with Crippen LogP contribution < -0.4 is 0 Å². The summed E-state index contributed by atoms with van der Waals surface area (Å²) in [5.74, 6) is -1.17. The van der Waals surface area contributed by atoms with Gasteiger partial charge in [0.05, 0.1) is 6.54 Å². The van der Waals surface area contributed by atoms with Crippen LogP contribution in [0.3, 0.4) is 0 Å². The van der Waals surface area contributed by atoms with Crippen LogP contribution in [0.5, 0.6) is 0 Å². The van der Waals surface area contributed by atoms with Crippen LogP contribution in [0.1, 0.15) is 12.5 Å². The third-order valence-electron chi connectivity index (χ3n) is 3.81. The van der Waals surface area contributed by atoms with Gasteiger partial charge in [-0.1, -0.05) is 42.4 Å². The van der Waals surface area contributed by atoms with Crippen molar-refractivity contribution < 1.29 is 22.7 Å². The molecular formula is C15H16ClF4N3OS. The standard InChI is InChI=1S/C15H16ClF4N3OS/c1-10(6-25-15(19,20)13(17)18)14(24,7-23-9-21-8-22-23)11-2-4-12(16)5-3-11/h2-5,8-10,13,24H,6-7H2,1H3. The van der Waals surface area contributed by atoms with E-state index in [0.717, 1.165) is 0 Å². The Hall–Kier alpha value is -1.32. The number of aliphatic hydroxyl groups is 1. The van der Waals surface area contributed by atoms with Gasteiger partial charge in [-0.15, -0.1) is 0 Å². The van der Waals surface area contributed by atoms with Gasteiger partial charge in [-0.3, -0.25) is 0 Å². The number of thioether (sulfide) groups is 1. The van der Waals surface area contributed by atoms with Gasteiger partial charge in [0, 0.05) is 16.7 Å². The third-order valence-corrected chi connectivity index (χ3v) is 5.29. The van der Waals surface area contributed by atoms with Crippen LogP contribution in [0.25, 0.3) is 0 Å². The first-order valence-corrected chi connectivity index (χ1v) is 8.62. The molecule has 0 aliphatic rings. The number of rotatable bonds is 8. The normalized spacial score (nSPS) is 16.0. The van der Waals surface area contributed by atoms with E-state index in [0.29, 0.717) is 10.6 Å². The van der Waals surface area contributed by atoms with Gasteiger partial charge in [-0.25, -0.2) is 18.4 Å². The SMILES string of the molecule is CC(CSC(F)(F)C(F)F)C(O)(Cn1cncn1)c1ccc(Cl)cc1. The molecule has 1 aromatic carbocycles. The van der Waals surface area contributed by atoms with E-state index < -0.39 is 23.2 Å². The predicted octanol–water partition coefficient (Wildman–Crippen LogP) is 4.05. The first-order chi connectivity index (χ1) is 11.6. The van der Waals surface area contributed by atoms with Crippen molar-refractivity contribution in [3.05, 3.63) is 47.5 Å². The lowest BCUT2D eigenvalue weighted by Gasteiger charge is -2.35. The largest absolute Gasteiger partial charge is 0.383 e. The van der Waals surface area contributed by atoms with E-state index >= 15 is 0 Å². The van der Waals surface area contributed by atoms with Crippen molar-refractivity contribution in [1.29, 1.82) is 0 Å². The fourth-order valence-electron chi connectivity index (χ4n) is 2.27. The van der Waals surface area contributed by atoms with Crippen molar-refractivity contribution in [2.24, 2.45) is 5.92 Å². The minimum Gasteiger partial charge on any atom is -0.383 e.